The smallest absolute Gasteiger partial charge is 0.238 e. The second-order valence-electron chi connectivity index (χ2n) is 6.23. The van der Waals surface area contributed by atoms with Crippen LogP contribution in [0.15, 0.2) is 30.3 Å². The molecule has 1 fully saturated rings. The second-order valence-corrected chi connectivity index (χ2v) is 6.23. The molecule has 0 spiro atoms. The van der Waals surface area contributed by atoms with Crippen LogP contribution in [0, 0.1) is 5.92 Å². The molecule has 1 aliphatic heterocycles. The minimum atomic E-state index is 0.0907. The molecule has 1 aliphatic rings. The van der Waals surface area contributed by atoms with Crippen LogP contribution < -0.4 is 5.32 Å². The van der Waals surface area contributed by atoms with Crippen molar-refractivity contribution in [3.05, 3.63) is 30.3 Å². The molecular formula is C17H27N3O. The van der Waals surface area contributed by atoms with Gasteiger partial charge in [-0.05, 0) is 71.0 Å². The van der Waals surface area contributed by atoms with Crippen LogP contribution >= 0.6 is 0 Å². The van der Waals surface area contributed by atoms with Crippen molar-refractivity contribution in [1.82, 2.24) is 9.80 Å². The van der Waals surface area contributed by atoms with Gasteiger partial charge in [0.05, 0.1) is 6.54 Å². The lowest BCUT2D eigenvalue weighted by atomic mass is 9.93. The molecule has 0 bridgehead atoms. The molecule has 1 amide bonds. The molecule has 0 saturated carbocycles. The van der Waals surface area contributed by atoms with E-state index in [0.717, 1.165) is 24.7 Å². The Balaban J connectivity index is 1.67. The number of carbonyl (C=O) groups excluding carboxylic acids is 1. The Bertz CT molecular complexity index is 425. The number of anilines is 1. The molecule has 0 unspecified atom stereocenters. The Morgan fingerprint density at radius 3 is 2.52 bits per heavy atom. The van der Waals surface area contributed by atoms with Crippen LogP contribution in [0.1, 0.15) is 19.3 Å². The van der Waals surface area contributed by atoms with Crippen molar-refractivity contribution in [2.24, 2.45) is 5.92 Å². The summed E-state index contributed by atoms with van der Waals surface area (Å²) in [5.41, 5.74) is 0.878. The highest BCUT2D eigenvalue weighted by Crippen LogP contribution is 2.20. The fourth-order valence-electron chi connectivity index (χ4n) is 2.80. The average molecular weight is 289 g/mol. The Morgan fingerprint density at radius 2 is 1.90 bits per heavy atom. The number of amides is 1. The maximum Gasteiger partial charge on any atom is 0.238 e. The Kier molecular flexibility index (Phi) is 6.21. The summed E-state index contributed by atoms with van der Waals surface area (Å²) in [5.74, 6) is 0.911. The summed E-state index contributed by atoms with van der Waals surface area (Å²) in [6, 6.07) is 9.67. The third kappa shape index (κ3) is 5.86. The highest BCUT2D eigenvalue weighted by Gasteiger charge is 2.20. The van der Waals surface area contributed by atoms with Gasteiger partial charge in [0.25, 0.3) is 0 Å². The van der Waals surface area contributed by atoms with E-state index in [-0.39, 0.29) is 5.91 Å². The molecular weight excluding hydrogens is 262 g/mol. The number of piperidine rings is 1. The van der Waals surface area contributed by atoms with Crippen molar-refractivity contribution < 1.29 is 4.79 Å². The van der Waals surface area contributed by atoms with Gasteiger partial charge in [0.2, 0.25) is 5.91 Å². The number of nitrogens with one attached hydrogen (secondary N) is 1. The van der Waals surface area contributed by atoms with Crippen LogP contribution in [0.25, 0.3) is 0 Å². The average Bonchev–Trinajstić information content (AvgIpc) is 2.47. The van der Waals surface area contributed by atoms with E-state index in [4.69, 9.17) is 0 Å². The van der Waals surface area contributed by atoms with Gasteiger partial charge < -0.3 is 10.2 Å². The Morgan fingerprint density at radius 1 is 1.24 bits per heavy atom. The van der Waals surface area contributed by atoms with Gasteiger partial charge in [-0.2, -0.15) is 0 Å². The molecule has 1 aromatic carbocycles. The van der Waals surface area contributed by atoms with E-state index in [9.17, 15) is 4.79 Å². The lowest BCUT2D eigenvalue weighted by Crippen LogP contribution is -2.39. The molecule has 1 aromatic rings. The molecule has 0 radical (unpaired) electrons. The summed E-state index contributed by atoms with van der Waals surface area (Å²) in [6.07, 6.45) is 3.70. The summed E-state index contributed by atoms with van der Waals surface area (Å²) in [5, 5.41) is 2.95. The number of para-hydroxylation sites is 1. The first-order chi connectivity index (χ1) is 10.1. The van der Waals surface area contributed by atoms with Gasteiger partial charge in [0.15, 0.2) is 0 Å². The van der Waals surface area contributed by atoms with E-state index < -0.39 is 0 Å². The lowest BCUT2D eigenvalue weighted by molar-refractivity contribution is -0.117. The fraction of sp³-hybridized carbons (Fsp3) is 0.588. The van der Waals surface area contributed by atoms with Gasteiger partial charge >= 0.3 is 0 Å². The summed E-state index contributed by atoms with van der Waals surface area (Å²) in [6.45, 7) is 3.76. The first-order valence-corrected chi connectivity index (χ1v) is 7.85. The van der Waals surface area contributed by atoms with E-state index >= 15 is 0 Å². The number of benzene rings is 1. The van der Waals surface area contributed by atoms with Crippen molar-refractivity contribution >= 4 is 11.6 Å². The van der Waals surface area contributed by atoms with Gasteiger partial charge in [0.1, 0.15) is 0 Å². The van der Waals surface area contributed by atoms with Gasteiger partial charge in [-0.1, -0.05) is 18.2 Å². The largest absolute Gasteiger partial charge is 0.325 e. The van der Waals surface area contributed by atoms with Gasteiger partial charge in [-0.3, -0.25) is 9.69 Å². The van der Waals surface area contributed by atoms with Crippen molar-refractivity contribution in [2.45, 2.75) is 19.3 Å². The van der Waals surface area contributed by atoms with E-state index in [0.29, 0.717) is 6.54 Å². The van der Waals surface area contributed by atoms with E-state index in [1.54, 1.807) is 0 Å². The lowest BCUT2D eigenvalue weighted by Gasteiger charge is -2.31. The quantitative estimate of drug-likeness (QED) is 0.873. The van der Waals surface area contributed by atoms with Crippen LogP contribution in [0.3, 0.4) is 0 Å². The molecule has 0 aliphatic carbocycles. The standard InChI is InChI=1S/C17H27N3O/c1-19(2)11-8-15-9-12-20(13-10-15)14-17(21)18-16-6-4-3-5-7-16/h3-7,15H,8-14H2,1-2H3,(H,18,21). The van der Waals surface area contributed by atoms with Gasteiger partial charge in [-0.25, -0.2) is 0 Å². The SMILES string of the molecule is CN(C)CCC1CCN(CC(=O)Nc2ccccc2)CC1. The number of likely N-dealkylation sites (tertiary alicyclic amines) is 1. The summed E-state index contributed by atoms with van der Waals surface area (Å²) >= 11 is 0. The number of rotatable bonds is 6. The number of hydrogen-bond donors (Lipinski definition) is 1. The van der Waals surface area contributed by atoms with Crippen molar-refractivity contribution in [3.63, 3.8) is 0 Å². The molecule has 4 nitrogen and oxygen atoms in total. The zero-order chi connectivity index (χ0) is 15.1. The molecule has 116 valence electrons. The third-order valence-corrected chi connectivity index (χ3v) is 4.12. The molecule has 1 heterocycles. The minimum Gasteiger partial charge on any atom is -0.325 e. The number of carbonyl (C=O) groups is 1. The van der Waals surface area contributed by atoms with Crippen molar-refractivity contribution in [2.75, 3.05) is 45.6 Å². The molecule has 0 aromatic heterocycles. The minimum absolute atomic E-state index is 0.0907. The zero-order valence-corrected chi connectivity index (χ0v) is 13.2. The van der Waals surface area contributed by atoms with E-state index in [2.05, 4.69) is 29.2 Å². The van der Waals surface area contributed by atoms with Crippen molar-refractivity contribution in [1.29, 1.82) is 0 Å². The molecule has 0 atom stereocenters. The molecule has 2 rings (SSSR count). The monoisotopic (exact) mass is 289 g/mol. The predicted octanol–water partition coefficient (Wildman–Crippen LogP) is 2.29. The van der Waals surface area contributed by atoms with E-state index in [1.165, 1.54) is 25.8 Å². The Labute approximate surface area is 128 Å². The van der Waals surface area contributed by atoms with Gasteiger partial charge in [0, 0.05) is 5.69 Å². The van der Waals surface area contributed by atoms with Gasteiger partial charge in [-0.15, -0.1) is 0 Å². The molecule has 1 N–H and O–H groups in total. The highest BCUT2D eigenvalue weighted by atomic mass is 16.2. The summed E-state index contributed by atoms with van der Waals surface area (Å²) < 4.78 is 0. The number of nitrogens with zero attached hydrogens (tertiary/aromatic N) is 2. The normalized spacial score (nSPS) is 17.1. The maximum absolute atomic E-state index is 12.0. The summed E-state index contributed by atoms with van der Waals surface area (Å²) in [7, 11) is 4.26. The van der Waals surface area contributed by atoms with Crippen LogP contribution in [-0.2, 0) is 4.79 Å². The van der Waals surface area contributed by atoms with Crippen LogP contribution in [0.4, 0.5) is 5.69 Å². The molecule has 21 heavy (non-hydrogen) atoms. The highest BCUT2D eigenvalue weighted by molar-refractivity contribution is 5.92. The maximum atomic E-state index is 12.0. The Hall–Kier alpha value is -1.39. The second kappa shape index (κ2) is 8.15. The number of hydrogen-bond acceptors (Lipinski definition) is 3. The molecule has 1 saturated heterocycles. The molecule has 4 heteroatoms. The van der Waals surface area contributed by atoms with Crippen LogP contribution in [0.2, 0.25) is 0 Å². The van der Waals surface area contributed by atoms with Crippen LogP contribution in [0.5, 0.6) is 0 Å². The third-order valence-electron chi connectivity index (χ3n) is 4.12. The van der Waals surface area contributed by atoms with Crippen LogP contribution in [-0.4, -0.2) is 56.0 Å². The van der Waals surface area contributed by atoms with Crippen molar-refractivity contribution in [3.8, 4) is 0 Å². The predicted molar refractivity (Wildman–Crippen MR) is 87.4 cm³/mol. The first kappa shape index (κ1) is 16.0. The summed E-state index contributed by atoms with van der Waals surface area (Å²) in [4.78, 5) is 16.5. The zero-order valence-electron chi connectivity index (χ0n) is 13.2. The van der Waals surface area contributed by atoms with E-state index in [1.807, 2.05) is 30.3 Å². The topological polar surface area (TPSA) is 35.6 Å². The fourth-order valence-corrected chi connectivity index (χ4v) is 2.80. The first-order valence-electron chi connectivity index (χ1n) is 7.85.